The number of anilines is 1. The lowest BCUT2D eigenvalue weighted by molar-refractivity contribution is -0.120. The summed E-state index contributed by atoms with van der Waals surface area (Å²) in [5.41, 5.74) is 3.10. The van der Waals surface area contributed by atoms with Gasteiger partial charge in [0.1, 0.15) is 18.1 Å². The van der Waals surface area contributed by atoms with Crippen LogP contribution in [0, 0.1) is 0 Å². The molecule has 11 nitrogen and oxygen atoms in total. The number of amides is 3. The minimum atomic E-state index is -0.336. The lowest BCUT2D eigenvalue weighted by Crippen LogP contribution is -2.50. The number of hydrogen-bond acceptors (Lipinski definition) is 7. The number of H-pyrrole nitrogens is 1. The van der Waals surface area contributed by atoms with Gasteiger partial charge in [0.05, 0.1) is 37.7 Å². The van der Waals surface area contributed by atoms with E-state index in [2.05, 4.69) is 15.3 Å². The molecule has 0 spiro atoms. The summed E-state index contributed by atoms with van der Waals surface area (Å²) in [5, 5.41) is 2.85. The van der Waals surface area contributed by atoms with Crippen LogP contribution in [0.25, 0.3) is 0 Å². The number of nitrogens with zero attached hydrogens (tertiary/aromatic N) is 3. The number of nitrogens with one attached hydrogen (secondary N) is 2. The fourth-order valence-corrected chi connectivity index (χ4v) is 5.06. The molecule has 0 radical (unpaired) electrons. The standard InChI is InChI=1S/C29H33N5O6/c1-38-26-16-23(39-14-4-11-31-27(35)15-21-17-30-19-32-21)7-8-24(26)28(36)33-12-9-22(10-13-33)34-25-6-3-2-5-20(25)18-40-29(34)37/h2-3,5-8,16-17,19,22H,4,9-15,18H2,1H3,(H,30,32)(H,31,35). The van der Waals surface area contributed by atoms with Crippen molar-refractivity contribution in [2.75, 3.05) is 38.3 Å². The molecule has 2 aliphatic rings. The molecule has 2 aliphatic heterocycles. The lowest BCUT2D eigenvalue weighted by atomic mass is 10.00. The van der Waals surface area contributed by atoms with Crippen molar-refractivity contribution in [2.45, 2.75) is 38.3 Å². The number of carbonyl (C=O) groups excluding carboxylic acids is 3. The Morgan fingerprint density at radius 3 is 2.77 bits per heavy atom. The Morgan fingerprint density at radius 1 is 1.18 bits per heavy atom. The maximum Gasteiger partial charge on any atom is 0.414 e. The Morgan fingerprint density at radius 2 is 2.00 bits per heavy atom. The largest absolute Gasteiger partial charge is 0.496 e. The van der Waals surface area contributed by atoms with Crippen LogP contribution < -0.4 is 19.7 Å². The Labute approximate surface area is 232 Å². The van der Waals surface area contributed by atoms with Crippen LogP contribution >= 0.6 is 0 Å². The summed E-state index contributed by atoms with van der Waals surface area (Å²) < 4.78 is 16.7. The molecule has 40 heavy (non-hydrogen) atoms. The Balaban J connectivity index is 1.11. The van der Waals surface area contributed by atoms with Crippen molar-refractivity contribution in [1.29, 1.82) is 0 Å². The number of carbonyl (C=O) groups is 3. The third kappa shape index (κ3) is 6.19. The number of rotatable bonds is 10. The molecule has 0 bridgehead atoms. The van der Waals surface area contributed by atoms with E-state index in [9.17, 15) is 14.4 Å². The third-order valence-corrected chi connectivity index (χ3v) is 7.14. The number of piperidine rings is 1. The van der Waals surface area contributed by atoms with Gasteiger partial charge in [-0.25, -0.2) is 9.78 Å². The first-order chi connectivity index (χ1) is 19.5. The normalized spacial score (nSPS) is 15.3. The number of cyclic esters (lactones) is 1. The molecule has 3 aromatic rings. The maximum atomic E-state index is 13.4. The van der Waals surface area contributed by atoms with Gasteiger partial charge in [-0.3, -0.25) is 14.5 Å². The van der Waals surface area contributed by atoms with Gasteiger partial charge in [0.2, 0.25) is 5.91 Å². The Kier molecular flexibility index (Phi) is 8.48. The molecule has 1 saturated heterocycles. The number of methoxy groups -OCH3 is 1. The van der Waals surface area contributed by atoms with Gasteiger partial charge in [-0.2, -0.15) is 0 Å². The maximum absolute atomic E-state index is 13.4. The molecule has 0 aliphatic carbocycles. The predicted molar refractivity (Wildman–Crippen MR) is 146 cm³/mol. The van der Waals surface area contributed by atoms with Crippen LogP contribution in [0.15, 0.2) is 55.0 Å². The van der Waals surface area contributed by atoms with Crippen LogP contribution in [-0.2, 0) is 22.6 Å². The number of ether oxygens (including phenoxy) is 3. The Bertz CT molecular complexity index is 1340. The first-order valence-corrected chi connectivity index (χ1v) is 13.4. The average molecular weight is 548 g/mol. The van der Waals surface area contributed by atoms with E-state index in [1.165, 1.54) is 7.11 Å². The molecule has 11 heteroatoms. The highest BCUT2D eigenvalue weighted by molar-refractivity contribution is 5.97. The van der Waals surface area contributed by atoms with Crippen molar-refractivity contribution in [2.24, 2.45) is 0 Å². The fourth-order valence-electron chi connectivity index (χ4n) is 5.06. The fraction of sp³-hybridized carbons (Fsp3) is 0.379. The monoisotopic (exact) mass is 547 g/mol. The zero-order valence-electron chi connectivity index (χ0n) is 22.4. The lowest BCUT2D eigenvalue weighted by Gasteiger charge is -2.40. The first-order valence-electron chi connectivity index (χ1n) is 13.4. The predicted octanol–water partition coefficient (Wildman–Crippen LogP) is 3.31. The van der Waals surface area contributed by atoms with Crippen LogP contribution in [-0.4, -0.2) is 72.2 Å². The number of imidazole rings is 1. The molecule has 0 unspecified atom stereocenters. The zero-order valence-corrected chi connectivity index (χ0v) is 22.4. The van der Waals surface area contributed by atoms with E-state index in [0.717, 1.165) is 16.9 Å². The SMILES string of the molecule is COc1cc(OCCCNC(=O)Cc2cnc[nH]2)ccc1C(=O)N1CCC(N2C(=O)OCc3ccccc32)CC1. The quantitative estimate of drug-likeness (QED) is 0.373. The van der Waals surface area contributed by atoms with Gasteiger partial charge < -0.3 is 29.4 Å². The second-order valence-corrected chi connectivity index (χ2v) is 9.74. The van der Waals surface area contributed by atoms with Gasteiger partial charge in [-0.05, 0) is 37.5 Å². The van der Waals surface area contributed by atoms with Crippen molar-refractivity contribution in [3.63, 3.8) is 0 Å². The van der Waals surface area contributed by atoms with Gasteiger partial charge >= 0.3 is 6.09 Å². The van der Waals surface area contributed by atoms with E-state index in [4.69, 9.17) is 14.2 Å². The second-order valence-electron chi connectivity index (χ2n) is 9.74. The number of aromatic amines is 1. The number of aromatic nitrogens is 2. The Hall–Kier alpha value is -4.54. The minimum Gasteiger partial charge on any atom is -0.496 e. The molecular formula is C29H33N5O6. The average Bonchev–Trinajstić information content (AvgIpc) is 3.49. The van der Waals surface area contributed by atoms with Crippen molar-refractivity contribution in [3.05, 3.63) is 71.8 Å². The van der Waals surface area contributed by atoms with E-state index in [0.29, 0.717) is 62.6 Å². The number of benzene rings is 2. The van der Waals surface area contributed by atoms with Gasteiger partial charge in [0.25, 0.3) is 5.91 Å². The van der Waals surface area contributed by atoms with Gasteiger partial charge in [0.15, 0.2) is 0 Å². The van der Waals surface area contributed by atoms with Gasteiger partial charge in [-0.1, -0.05) is 18.2 Å². The molecule has 1 aromatic heterocycles. The second kappa shape index (κ2) is 12.5. The van der Waals surface area contributed by atoms with E-state index >= 15 is 0 Å². The van der Waals surface area contributed by atoms with Crippen molar-refractivity contribution in [3.8, 4) is 11.5 Å². The van der Waals surface area contributed by atoms with Crippen molar-refractivity contribution < 1.29 is 28.6 Å². The topological polar surface area (TPSA) is 126 Å². The summed E-state index contributed by atoms with van der Waals surface area (Å²) in [6, 6.07) is 12.9. The number of para-hydroxylation sites is 1. The summed E-state index contributed by atoms with van der Waals surface area (Å²) >= 11 is 0. The molecule has 210 valence electrons. The molecule has 1 fully saturated rings. The van der Waals surface area contributed by atoms with Gasteiger partial charge in [0, 0.05) is 49.2 Å². The molecule has 0 saturated carbocycles. The zero-order chi connectivity index (χ0) is 27.9. The van der Waals surface area contributed by atoms with E-state index in [1.807, 2.05) is 24.3 Å². The smallest absolute Gasteiger partial charge is 0.414 e. The number of hydrogen-bond donors (Lipinski definition) is 2. The summed E-state index contributed by atoms with van der Waals surface area (Å²) in [5.74, 6) is 0.811. The van der Waals surface area contributed by atoms with Crippen LogP contribution in [0.1, 0.15) is 40.9 Å². The van der Waals surface area contributed by atoms with E-state index in [1.54, 1.807) is 40.5 Å². The van der Waals surface area contributed by atoms with Crippen LogP contribution in [0.2, 0.25) is 0 Å². The van der Waals surface area contributed by atoms with Crippen LogP contribution in [0.4, 0.5) is 10.5 Å². The number of fused-ring (bicyclic) bond motifs is 1. The molecule has 5 rings (SSSR count). The summed E-state index contributed by atoms with van der Waals surface area (Å²) in [6.07, 6.45) is 5.01. The highest BCUT2D eigenvalue weighted by Crippen LogP contribution is 2.33. The summed E-state index contributed by atoms with van der Waals surface area (Å²) in [7, 11) is 1.52. The summed E-state index contributed by atoms with van der Waals surface area (Å²) in [6.45, 7) is 2.20. The minimum absolute atomic E-state index is 0.0362. The molecular weight excluding hydrogens is 514 g/mol. The number of likely N-dealkylation sites (tertiary alicyclic amines) is 1. The van der Waals surface area contributed by atoms with Gasteiger partial charge in [-0.15, -0.1) is 0 Å². The molecule has 0 atom stereocenters. The summed E-state index contributed by atoms with van der Waals surface area (Å²) in [4.78, 5) is 48.2. The van der Waals surface area contributed by atoms with E-state index < -0.39 is 0 Å². The van der Waals surface area contributed by atoms with Crippen molar-refractivity contribution in [1.82, 2.24) is 20.2 Å². The molecule has 2 aromatic carbocycles. The first kappa shape index (κ1) is 27.0. The molecule has 2 N–H and O–H groups in total. The third-order valence-electron chi connectivity index (χ3n) is 7.14. The molecule has 3 heterocycles. The highest BCUT2D eigenvalue weighted by atomic mass is 16.6. The van der Waals surface area contributed by atoms with E-state index in [-0.39, 0.29) is 37.0 Å². The van der Waals surface area contributed by atoms with Crippen LogP contribution in [0.5, 0.6) is 11.5 Å². The van der Waals surface area contributed by atoms with Crippen LogP contribution in [0.3, 0.4) is 0 Å². The molecule has 3 amide bonds. The highest BCUT2D eigenvalue weighted by Gasteiger charge is 2.35. The van der Waals surface area contributed by atoms with Crippen molar-refractivity contribution >= 4 is 23.6 Å².